The van der Waals surface area contributed by atoms with Gasteiger partial charge in [-0.25, -0.2) is 0 Å². The molecular weight excluding hydrogens is 342 g/mol. The Kier molecular flexibility index (Phi) is 10.3. The third-order valence-electron chi connectivity index (χ3n) is 9.31. The van der Waals surface area contributed by atoms with Crippen molar-refractivity contribution in [2.75, 3.05) is 13.6 Å². The lowest BCUT2D eigenvalue weighted by Gasteiger charge is -2.61. The molecule has 4 atom stereocenters. The van der Waals surface area contributed by atoms with E-state index in [1.165, 1.54) is 38.6 Å². The minimum Gasteiger partial charge on any atom is -0.393 e. The Balaban J connectivity index is 6.27. The van der Waals surface area contributed by atoms with Gasteiger partial charge in [0.25, 0.3) is 0 Å². The number of hydrogen-bond donors (Lipinski definition) is 1. The molecule has 0 heterocycles. The van der Waals surface area contributed by atoms with Gasteiger partial charge in [-0.1, -0.05) is 68.2 Å². The average Bonchev–Trinajstić information content (AvgIpc) is 2.66. The van der Waals surface area contributed by atoms with E-state index in [4.69, 9.17) is 0 Å². The third-order valence-corrected chi connectivity index (χ3v) is 9.31. The maximum absolute atomic E-state index is 10.9. The zero-order chi connectivity index (χ0) is 22.4. The fourth-order valence-corrected chi connectivity index (χ4v) is 5.95. The Morgan fingerprint density at radius 2 is 1.25 bits per heavy atom. The van der Waals surface area contributed by atoms with E-state index in [0.717, 1.165) is 23.7 Å². The van der Waals surface area contributed by atoms with Crippen LogP contribution in [-0.4, -0.2) is 40.4 Å². The van der Waals surface area contributed by atoms with Gasteiger partial charge in [0.1, 0.15) is 0 Å². The van der Waals surface area contributed by atoms with E-state index in [-0.39, 0.29) is 22.6 Å². The predicted molar refractivity (Wildman–Crippen MR) is 127 cm³/mol. The van der Waals surface area contributed by atoms with Gasteiger partial charge in [0.2, 0.25) is 0 Å². The lowest BCUT2D eigenvalue weighted by molar-refractivity contribution is -1.00. The van der Waals surface area contributed by atoms with Crippen LogP contribution in [0.3, 0.4) is 0 Å². The quantitative estimate of drug-likeness (QED) is 0.299. The number of quaternary nitrogens is 1. The molecule has 0 saturated carbocycles. The highest BCUT2D eigenvalue weighted by Gasteiger charge is 2.55. The molecule has 0 aromatic rings. The van der Waals surface area contributed by atoms with E-state index in [9.17, 15) is 5.11 Å². The van der Waals surface area contributed by atoms with Crippen LogP contribution in [0.1, 0.15) is 128 Å². The third kappa shape index (κ3) is 5.54. The van der Waals surface area contributed by atoms with Crippen molar-refractivity contribution in [2.24, 2.45) is 10.8 Å². The van der Waals surface area contributed by atoms with Gasteiger partial charge in [0.15, 0.2) is 0 Å². The number of hydrogen-bond acceptors (Lipinski definition) is 1. The van der Waals surface area contributed by atoms with Crippen LogP contribution < -0.4 is 0 Å². The number of aliphatic hydroxyl groups excluding tert-OH is 1. The second-order valence-electron chi connectivity index (χ2n) is 11.4. The maximum atomic E-state index is 10.9. The summed E-state index contributed by atoms with van der Waals surface area (Å²) in [6.07, 6.45) is 8.85. The summed E-state index contributed by atoms with van der Waals surface area (Å²) in [4.78, 5) is 0. The lowest BCUT2D eigenvalue weighted by Crippen LogP contribution is -2.71. The highest BCUT2D eigenvalue weighted by molar-refractivity contribution is 4.93. The molecule has 0 bridgehead atoms. The minimum absolute atomic E-state index is 0.0288. The molecule has 4 unspecified atom stereocenters. The molecule has 0 aromatic carbocycles. The second kappa shape index (κ2) is 10.3. The monoisotopic (exact) mass is 398 g/mol. The Labute approximate surface area is 179 Å². The van der Waals surface area contributed by atoms with E-state index in [1.54, 1.807) is 0 Å². The van der Waals surface area contributed by atoms with Gasteiger partial charge in [-0.15, -0.1) is 0 Å². The summed E-state index contributed by atoms with van der Waals surface area (Å²) in [7, 11) is 2.52. The summed E-state index contributed by atoms with van der Waals surface area (Å²) < 4.78 is 1.09. The van der Waals surface area contributed by atoms with Crippen LogP contribution in [0, 0.1) is 10.8 Å². The average molecular weight is 399 g/mol. The van der Waals surface area contributed by atoms with E-state index in [0.29, 0.717) is 5.41 Å². The molecule has 0 rings (SSSR count). The fraction of sp³-hybridized carbons (Fsp3) is 1.00. The summed E-state index contributed by atoms with van der Waals surface area (Å²) in [5.41, 5.74) is 0.695. The topological polar surface area (TPSA) is 20.2 Å². The first-order valence-electron chi connectivity index (χ1n) is 12.2. The molecule has 0 aliphatic rings. The fourth-order valence-electron chi connectivity index (χ4n) is 5.95. The van der Waals surface area contributed by atoms with Crippen molar-refractivity contribution in [3.05, 3.63) is 0 Å². The number of aliphatic hydroxyl groups is 1. The Morgan fingerprint density at radius 3 is 1.57 bits per heavy atom. The predicted octanol–water partition coefficient (Wildman–Crippen LogP) is 7.58. The number of nitrogens with zero attached hydrogens (tertiary/aromatic N) is 1. The largest absolute Gasteiger partial charge is 0.393 e. The van der Waals surface area contributed by atoms with E-state index in [2.05, 4.69) is 83.2 Å². The van der Waals surface area contributed by atoms with Crippen molar-refractivity contribution in [1.29, 1.82) is 0 Å². The summed E-state index contributed by atoms with van der Waals surface area (Å²) >= 11 is 0. The van der Waals surface area contributed by atoms with Crippen LogP contribution in [0.2, 0.25) is 0 Å². The van der Waals surface area contributed by atoms with Gasteiger partial charge in [-0.2, -0.15) is 0 Å². The van der Waals surface area contributed by atoms with Gasteiger partial charge < -0.3 is 9.59 Å². The van der Waals surface area contributed by atoms with Crippen molar-refractivity contribution in [2.45, 2.75) is 145 Å². The van der Waals surface area contributed by atoms with Gasteiger partial charge in [0.05, 0.1) is 30.8 Å². The van der Waals surface area contributed by atoms with Crippen molar-refractivity contribution in [3.8, 4) is 0 Å². The molecule has 2 nitrogen and oxygen atoms in total. The molecule has 170 valence electrons. The highest BCUT2D eigenvalue weighted by Crippen LogP contribution is 2.49. The summed E-state index contributed by atoms with van der Waals surface area (Å²) in [6, 6.07) is 0. The molecule has 0 aliphatic carbocycles. The molecular formula is C26H56NO+. The molecule has 0 aliphatic heterocycles. The van der Waals surface area contributed by atoms with Crippen molar-refractivity contribution >= 4 is 0 Å². The highest BCUT2D eigenvalue weighted by atomic mass is 16.3. The van der Waals surface area contributed by atoms with Gasteiger partial charge in [0, 0.05) is 12.8 Å². The lowest BCUT2D eigenvalue weighted by atomic mass is 9.66. The van der Waals surface area contributed by atoms with Crippen LogP contribution in [0.25, 0.3) is 0 Å². The summed E-state index contributed by atoms with van der Waals surface area (Å²) in [5, 5.41) is 10.9. The molecule has 2 heteroatoms. The first-order valence-corrected chi connectivity index (χ1v) is 12.2. The molecule has 0 fully saturated rings. The van der Waals surface area contributed by atoms with E-state index >= 15 is 0 Å². The molecule has 0 saturated heterocycles. The van der Waals surface area contributed by atoms with Crippen molar-refractivity contribution < 1.29 is 9.59 Å². The molecule has 0 amide bonds. The van der Waals surface area contributed by atoms with Crippen molar-refractivity contribution in [1.82, 2.24) is 0 Å². The first kappa shape index (κ1) is 27.9. The molecule has 28 heavy (non-hydrogen) atoms. The smallest absolute Gasteiger partial charge is 0.0968 e. The van der Waals surface area contributed by atoms with Crippen LogP contribution in [0.5, 0.6) is 0 Å². The molecule has 1 N–H and O–H groups in total. The van der Waals surface area contributed by atoms with Crippen LogP contribution in [0.4, 0.5) is 0 Å². The zero-order valence-corrected chi connectivity index (χ0v) is 21.8. The standard InChI is InChI=1S/C26H56NO/c1-13-19-27(12,26(11,18-6)21-24(9,15-3)16-4)23(7,8)20-25(10,17-5)22(28)14-2/h22,28H,13-21H2,1-12H3/q+1. The minimum atomic E-state index is -0.226. The molecule has 0 aromatic heterocycles. The SMILES string of the molecule is CCC[N+](C)(C(C)(C)CC(C)(CC)C(O)CC)C(C)(CC)CC(C)(CC)CC. The van der Waals surface area contributed by atoms with Gasteiger partial charge in [-0.3, -0.25) is 0 Å². The Hall–Kier alpha value is -0.0800. The normalized spacial score (nSPS) is 20.9. The van der Waals surface area contributed by atoms with Crippen LogP contribution in [-0.2, 0) is 0 Å². The Morgan fingerprint density at radius 1 is 0.750 bits per heavy atom. The Bertz CT molecular complexity index is 455. The molecule has 0 radical (unpaired) electrons. The maximum Gasteiger partial charge on any atom is 0.0968 e. The van der Waals surface area contributed by atoms with Crippen LogP contribution in [0.15, 0.2) is 0 Å². The second-order valence-corrected chi connectivity index (χ2v) is 11.4. The van der Waals surface area contributed by atoms with Gasteiger partial charge in [-0.05, 0) is 57.3 Å². The zero-order valence-electron chi connectivity index (χ0n) is 21.8. The molecule has 0 spiro atoms. The van der Waals surface area contributed by atoms with E-state index in [1.807, 2.05) is 0 Å². The van der Waals surface area contributed by atoms with Crippen LogP contribution >= 0.6 is 0 Å². The summed E-state index contributed by atoms with van der Waals surface area (Å²) in [5.74, 6) is 0. The first-order chi connectivity index (χ1) is 12.7. The summed E-state index contributed by atoms with van der Waals surface area (Å²) in [6.45, 7) is 27.3. The van der Waals surface area contributed by atoms with E-state index < -0.39 is 0 Å². The van der Waals surface area contributed by atoms with Gasteiger partial charge >= 0.3 is 0 Å². The van der Waals surface area contributed by atoms with Crippen molar-refractivity contribution in [3.63, 3.8) is 0 Å². The number of rotatable bonds is 14.